The van der Waals surface area contributed by atoms with E-state index in [1.165, 1.54) is 16.4 Å². The number of nitrogens with two attached hydrogens (primary N) is 1. The van der Waals surface area contributed by atoms with Gasteiger partial charge in [-0.05, 0) is 46.3 Å². The van der Waals surface area contributed by atoms with Crippen molar-refractivity contribution in [3.8, 4) is 11.4 Å². The molecule has 134 valence electrons. The molecule has 0 saturated heterocycles. The molecule has 0 saturated carbocycles. The van der Waals surface area contributed by atoms with Gasteiger partial charge in [0.1, 0.15) is 0 Å². The standard InChI is InChI=1S/C16H12BrCl2N5OS/c17-11-3-1-2-4-13(11)21-14(25)8-26-16-23-22-15(24(16)20)10-6-5-9(18)7-12(10)19/h1-7H,8,20H2,(H,21,25). The Morgan fingerprint density at radius 2 is 2.00 bits per heavy atom. The molecule has 3 rings (SSSR count). The van der Waals surface area contributed by atoms with Crippen LogP contribution in [0.3, 0.4) is 0 Å². The Kier molecular flexibility index (Phi) is 6.08. The van der Waals surface area contributed by atoms with Gasteiger partial charge in [0.15, 0.2) is 5.82 Å². The van der Waals surface area contributed by atoms with E-state index in [0.717, 1.165) is 4.47 Å². The van der Waals surface area contributed by atoms with E-state index >= 15 is 0 Å². The van der Waals surface area contributed by atoms with Gasteiger partial charge in [-0.3, -0.25) is 4.79 Å². The van der Waals surface area contributed by atoms with E-state index in [4.69, 9.17) is 29.0 Å². The second kappa shape index (κ2) is 8.30. The molecule has 0 radical (unpaired) electrons. The van der Waals surface area contributed by atoms with E-state index in [1.54, 1.807) is 24.3 Å². The minimum Gasteiger partial charge on any atom is -0.335 e. The summed E-state index contributed by atoms with van der Waals surface area (Å²) < 4.78 is 2.10. The zero-order valence-corrected chi connectivity index (χ0v) is 17.0. The van der Waals surface area contributed by atoms with Crippen molar-refractivity contribution >= 4 is 62.5 Å². The number of halogens is 3. The minimum atomic E-state index is -0.184. The molecule has 3 aromatic rings. The number of aromatic nitrogens is 3. The predicted octanol–water partition coefficient (Wildman–Crippen LogP) is 4.46. The number of carbonyl (C=O) groups excluding carboxylic acids is 1. The highest BCUT2D eigenvalue weighted by molar-refractivity contribution is 9.10. The van der Waals surface area contributed by atoms with Crippen molar-refractivity contribution in [1.29, 1.82) is 0 Å². The van der Waals surface area contributed by atoms with E-state index in [9.17, 15) is 4.79 Å². The lowest BCUT2D eigenvalue weighted by atomic mass is 10.2. The largest absolute Gasteiger partial charge is 0.335 e. The highest BCUT2D eigenvalue weighted by Gasteiger charge is 2.16. The molecule has 0 fully saturated rings. The molecule has 1 aromatic heterocycles. The number of para-hydroxylation sites is 1. The van der Waals surface area contributed by atoms with E-state index in [-0.39, 0.29) is 11.7 Å². The summed E-state index contributed by atoms with van der Waals surface area (Å²) in [6.45, 7) is 0. The molecular weight excluding hydrogens is 461 g/mol. The summed E-state index contributed by atoms with van der Waals surface area (Å²) in [4.78, 5) is 12.1. The van der Waals surface area contributed by atoms with Crippen molar-refractivity contribution in [2.24, 2.45) is 0 Å². The number of amides is 1. The Hall–Kier alpha value is -1.74. The minimum absolute atomic E-state index is 0.130. The van der Waals surface area contributed by atoms with Gasteiger partial charge in [0, 0.05) is 15.1 Å². The van der Waals surface area contributed by atoms with Gasteiger partial charge in [-0.1, -0.05) is 47.1 Å². The lowest BCUT2D eigenvalue weighted by Gasteiger charge is -2.07. The molecule has 2 aromatic carbocycles. The summed E-state index contributed by atoms with van der Waals surface area (Å²) in [6.07, 6.45) is 0. The first-order chi connectivity index (χ1) is 12.5. The normalized spacial score (nSPS) is 10.7. The number of carbonyl (C=O) groups is 1. The highest BCUT2D eigenvalue weighted by Crippen LogP contribution is 2.30. The summed E-state index contributed by atoms with van der Waals surface area (Å²) in [5, 5.41) is 12.2. The molecule has 1 amide bonds. The summed E-state index contributed by atoms with van der Waals surface area (Å²) in [7, 11) is 0. The van der Waals surface area contributed by atoms with Crippen LogP contribution in [-0.2, 0) is 4.79 Å². The first-order valence-corrected chi connectivity index (χ1v) is 9.82. The van der Waals surface area contributed by atoms with Crippen LogP contribution < -0.4 is 11.2 Å². The number of rotatable bonds is 5. The first-order valence-electron chi connectivity index (χ1n) is 7.29. The van der Waals surface area contributed by atoms with Crippen molar-refractivity contribution < 1.29 is 4.79 Å². The van der Waals surface area contributed by atoms with Crippen LogP contribution in [0, 0.1) is 0 Å². The van der Waals surface area contributed by atoms with Crippen LogP contribution in [0.2, 0.25) is 10.0 Å². The Morgan fingerprint density at radius 3 is 2.73 bits per heavy atom. The molecule has 0 bridgehead atoms. The maximum atomic E-state index is 12.1. The van der Waals surface area contributed by atoms with Crippen molar-refractivity contribution in [2.45, 2.75) is 5.16 Å². The second-order valence-electron chi connectivity index (χ2n) is 5.12. The third-order valence-corrected chi connectivity index (χ3v) is 5.50. The molecule has 10 heteroatoms. The van der Waals surface area contributed by atoms with E-state index in [2.05, 4.69) is 31.4 Å². The van der Waals surface area contributed by atoms with Gasteiger partial charge in [-0.15, -0.1) is 10.2 Å². The number of hydrogen-bond donors (Lipinski definition) is 2. The number of nitrogens with one attached hydrogen (secondary N) is 1. The maximum absolute atomic E-state index is 12.1. The molecule has 0 spiro atoms. The van der Waals surface area contributed by atoms with Crippen molar-refractivity contribution in [3.05, 3.63) is 57.0 Å². The zero-order valence-electron chi connectivity index (χ0n) is 13.1. The van der Waals surface area contributed by atoms with Crippen molar-refractivity contribution in [3.63, 3.8) is 0 Å². The summed E-state index contributed by atoms with van der Waals surface area (Å²) in [5.74, 6) is 6.38. The van der Waals surface area contributed by atoms with Crippen LogP contribution in [0.5, 0.6) is 0 Å². The molecule has 6 nitrogen and oxygen atoms in total. The Labute approximate surface area is 172 Å². The molecule has 0 atom stereocenters. The fourth-order valence-corrected chi connectivity index (χ4v) is 3.64. The zero-order chi connectivity index (χ0) is 18.7. The SMILES string of the molecule is Nn1c(SCC(=O)Nc2ccccc2Br)nnc1-c1ccc(Cl)cc1Cl. The Morgan fingerprint density at radius 1 is 1.23 bits per heavy atom. The number of nitrogens with zero attached hydrogens (tertiary/aromatic N) is 3. The molecule has 0 aliphatic rings. The third kappa shape index (κ3) is 4.32. The van der Waals surface area contributed by atoms with Crippen molar-refractivity contribution in [1.82, 2.24) is 14.9 Å². The smallest absolute Gasteiger partial charge is 0.234 e. The van der Waals surface area contributed by atoms with Crippen LogP contribution in [0.1, 0.15) is 0 Å². The molecule has 0 aliphatic carbocycles. The quantitative estimate of drug-likeness (QED) is 0.423. The summed E-state index contributed by atoms with van der Waals surface area (Å²) in [5.41, 5.74) is 1.30. The Balaban J connectivity index is 1.69. The number of thioether (sulfide) groups is 1. The molecule has 1 heterocycles. The monoisotopic (exact) mass is 471 g/mol. The van der Waals surface area contributed by atoms with E-state index < -0.39 is 0 Å². The molecular formula is C16H12BrCl2N5OS. The van der Waals surface area contributed by atoms with Gasteiger partial charge in [0.05, 0.1) is 16.5 Å². The molecule has 0 unspecified atom stereocenters. The van der Waals surface area contributed by atoms with Crippen LogP contribution >= 0.6 is 50.9 Å². The summed E-state index contributed by atoms with van der Waals surface area (Å²) >= 11 is 16.6. The topological polar surface area (TPSA) is 85.8 Å². The molecule has 0 aliphatic heterocycles. The Bertz CT molecular complexity index is 966. The van der Waals surface area contributed by atoms with Gasteiger partial charge >= 0.3 is 0 Å². The average Bonchev–Trinajstić information content (AvgIpc) is 2.96. The van der Waals surface area contributed by atoms with Gasteiger partial charge < -0.3 is 11.2 Å². The van der Waals surface area contributed by atoms with Crippen LogP contribution in [0.25, 0.3) is 11.4 Å². The van der Waals surface area contributed by atoms with Crippen LogP contribution in [-0.4, -0.2) is 26.5 Å². The van der Waals surface area contributed by atoms with Crippen molar-refractivity contribution in [2.75, 3.05) is 16.9 Å². The molecule has 26 heavy (non-hydrogen) atoms. The number of anilines is 1. The van der Waals surface area contributed by atoms with Crippen LogP contribution in [0.15, 0.2) is 52.1 Å². The van der Waals surface area contributed by atoms with Gasteiger partial charge in [0.2, 0.25) is 11.1 Å². The fraction of sp³-hybridized carbons (Fsp3) is 0.0625. The van der Waals surface area contributed by atoms with Gasteiger partial charge in [-0.25, -0.2) is 4.68 Å². The lowest BCUT2D eigenvalue weighted by Crippen LogP contribution is -2.16. The average molecular weight is 473 g/mol. The number of hydrogen-bond acceptors (Lipinski definition) is 5. The third-order valence-electron chi connectivity index (χ3n) is 3.32. The fourth-order valence-electron chi connectivity index (χ4n) is 2.11. The first kappa shape index (κ1) is 19.0. The van der Waals surface area contributed by atoms with Gasteiger partial charge in [0.25, 0.3) is 0 Å². The maximum Gasteiger partial charge on any atom is 0.234 e. The lowest BCUT2D eigenvalue weighted by molar-refractivity contribution is -0.113. The van der Waals surface area contributed by atoms with Gasteiger partial charge in [-0.2, -0.15) is 0 Å². The van der Waals surface area contributed by atoms with E-state index in [1.807, 2.05) is 18.2 Å². The molecule has 3 N–H and O–H groups in total. The number of benzene rings is 2. The van der Waals surface area contributed by atoms with Crippen LogP contribution in [0.4, 0.5) is 5.69 Å². The second-order valence-corrected chi connectivity index (χ2v) is 7.76. The highest BCUT2D eigenvalue weighted by atomic mass is 79.9. The van der Waals surface area contributed by atoms with E-state index in [0.29, 0.717) is 32.3 Å². The predicted molar refractivity (Wildman–Crippen MR) is 109 cm³/mol. The summed E-state index contributed by atoms with van der Waals surface area (Å²) in [6, 6.07) is 12.4. The number of nitrogen functional groups attached to an aromatic ring is 1.